The summed E-state index contributed by atoms with van der Waals surface area (Å²) in [4.78, 5) is 3.58. The molecular weight excluding hydrogens is 313 g/mol. The summed E-state index contributed by atoms with van der Waals surface area (Å²) in [6.45, 7) is 4.39. The number of aromatic nitrogens is 1. The first-order valence-corrected chi connectivity index (χ1v) is 8.31. The zero-order valence-electron chi connectivity index (χ0n) is 12.7. The molecule has 0 unspecified atom stereocenters. The van der Waals surface area contributed by atoms with Crippen molar-refractivity contribution in [3.8, 4) is 11.3 Å². The number of aryl methyl sites for hydroxylation is 1. The lowest BCUT2D eigenvalue weighted by Gasteiger charge is -2.11. The molecule has 0 saturated heterocycles. The molecule has 3 aromatic rings. The van der Waals surface area contributed by atoms with Crippen LogP contribution in [0.5, 0.6) is 0 Å². The fourth-order valence-corrected chi connectivity index (χ4v) is 3.35. The van der Waals surface area contributed by atoms with E-state index >= 15 is 0 Å². The summed E-state index contributed by atoms with van der Waals surface area (Å²) in [5.41, 5.74) is 6.16. The summed E-state index contributed by atoms with van der Waals surface area (Å²) >= 11 is 12.2. The molecule has 1 heterocycles. The van der Waals surface area contributed by atoms with E-state index in [2.05, 4.69) is 43.1 Å². The number of hydrogen-bond donors (Lipinski definition) is 0. The first kappa shape index (κ1) is 15.3. The first-order valence-electron chi connectivity index (χ1n) is 7.56. The zero-order chi connectivity index (χ0) is 15.7. The topological polar surface area (TPSA) is 14.1 Å². The van der Waals surface area contributed by atoms with Crippen LogP contribution in [0.1, 0.15) is 25.0 Å². The molecule has 0 bridgehead atoms. The lowest BCUT2D eigenvalue weighted by molar-refractivity contribution is -0.331. The third kappa shape index (κ3) is 2.71. The van der Waals surface area contributed by atoms with Crippen molar-refractivity contribution in [3.63, 3.8) is 0 Å². The molecule has 22 heavy (non-hydrogen) atoms. The quantitative estimate of drug-likeness (QED) is 0.580. The molecule has 112 valence electrons. The number of nitrogens with one attached hydrogen (secondary N) is 1. The maximum Gasteiger partial charge on any atom is 0.214 e. The monoisotopic (exact) mass is 330 g/mol. The highest BCUT2D eigenvalue weighted by atomic mass is 35.5. The molecule has 0 aliphatic rings. The fraction of sp³-hybridized carbons (Fsp3) is 0.211. The molecule has 0 amide bonds. The number of pyridine rings is 1. The number of halogens is 2. The summed E-state index contributed by atoms with van der Waals surface area (Å²) in [6.07, 6.45) is 1.95. The van der Waals surface area contributed by atoms with Crippen molar-refractivity contribution in [2.75, 3.05) is 0 Å². The van der Waals surface area contributed by atoms with Gasteiger partial charge in [0, 0.05) is 27.2 Å². The van der Waals surface area contributed by atoms with Gasteiger partial charge in [-0.1, -0.05) is 37.0 Å². The summed E-state index contributed by atoms with van der Waals surface area (Å²) in [5.74, 6) is 0. The molecule has 0 saturated carbocycles. The maximum absolute atomic E-state index is 6.19. The lowest BCUT2D eigenvalue weighted by Crippen LogP contribution is -2.14. The van der Waals surface area contributed by atoms with Gasteiger partial charge in [-0.25, -0.2) is 4.98 Å². The number of H-pyrrole nitrogens is 1. The van der Waals surface area contributed by atoms with Crippen LogP contribution in [0, 0.1) is 0 Å². The van der Waals surface area contributed by atoms with E-state index in [1.165, 1.54) is 22.2 Å². The Balaban J connectivity index is 2.34. The van der Waals surface area contributed by atoms with Gasteiger partial charge in [0.2, 0.25) is 11.2 Å². The fourth-order valence-electron chi connectivity index (χ4n) is 3.06. The van der Waals surface area contributed by atoms with Crippen LogP contribution in [-0.4, -0.2) is 0 Å². The van der Waals surface area contributed by atoms with Crippen molar-refractivity contribution in [3.05, 3.63) is 63.6 Å². The molecule has 3 rings (SSSR count). The Morgan fingerprint density at radius 1 is 0.818 bits per heavy atom. The summed E-state index contributed by atoms with van der Waals surface area (Å²) < 4.78 is 0. The average Bonchev–Trinajstić information content (AvgIpc) is 2.53. The minimum absolute atomic E-state index is 0.755. The molecule has 0 radical (unpaired) electrons. The molecule has 3 heteroatoms. The van der Waals surface area contributed by atoms with E-state index in [1.807, 2.05) is 18.2 Å². The van der Waals surface area contributed by atoms with Crippen molar-refractivity contribution >= 4 is 34.1 Å². The number of fused-ring (bicyclic) bond motifs is 1. The lowest BCUT2D eigenvalue weighted by atomic mass is 9.94. The van der Waals surface area contributed by atoms with Crippen molar-refractivity contribution in [2.45, 2.75) is 26.7 Å². The van der Waals surface area contributed by atoms with Crippen LogP contribution in [0.3, 0.4) is 0 Å². The summed E-state index contributed by atoms with van der Waals surface area (Å²) in [7, 11) is 0. The van der Waals surface area contributed by atoms with Gasteiger partial charge in [-0.2, -0.15) is 0 Å². The number of benzene rings is 2. The van der Waals surface area contributed by atoms with Crippen LogP contribution in [0.2, 0.25) is 10.0 Å². The Kier molecular flexibility index (Phi) is 4.37. The molecule has 0 atom stereocenters. The van der Waals surface area contributed by atoms with E-state index in [-0.39, 0.29) is 0 Å². The minimum Gasteiger partial charge on any atom is -0.204 e. The van der Waals surface area contributed by atoms with Crippen molar-refractivity contribution in [1.82, 2.24) is 0 Å². The molecule has 0 aliphatic heterocycles. The largest absolute Gasteiger partial charge is 0.214 e. The van der Waals surface area contributed by atoms with E-state index in [0.29, 0.717) is 0 Å². The maximum atomic E-state index is 6.19. The van der Waals surface area contributed by atoms with Gasteiger partial charge < -0.3 is 0 Å². The molecule has 1 N–H and O–H groups in total. The van der Waals surface area contributed by atoms with Crippen LogP contribution in [0.15, 0.2) is 42.5 Å². The second-order valence-electron chi connectivity index (χ2n) is 5.36. The van der Waals surface area contributed by atoms with Gasteiger partial charge in [0.05, 0.1) is 5.39 Å². The van der Waals surface area contributed by atoms with Gasteiger partial charge in [-0.3, -0.25) is 0 Å². The first-order chi connectivity index (χ1) is 10.6. The number of rotatable bonds is 3. The van der Waals surface area contributed by atoms with Gasteiger partial charge in [0.1, 0.15) is 0 Å². The normalized spacial score (nSPS) is 11.1. The molecule has 0 fully saturated rings. The third-order valence-corrected chi connectivity index (χ3v) is 4.56. The van der Waals surface area contributed by atoms with Crippen LogP contribution in [0.4, 0.5) is 0 Å². The van der Waals surface area contributed by atoms with E-state index in [0.717, 1.165) is 34.0 Å². The number of hydrogen-bond acceptors (Lipinski definition) is 0. The summed E-state index contributed by atoms with van der Waals surface area (Å²) in [5, 5.41) is 2.74. The van der Waals surface area contributed by atoms with Gasteiger partial charge in [0.25, 0.3) is 0 Å². The Labute approximate surface area is 140 Å². The molecule has 0 spiro atoms. The minimum atomic E-state index is 0.755. The molecular formula is C19H18Cl2N+. The van der Waals surface area contributed by atoms with Crippen LogP contribution in [-0.2, 0) is 12.8 Å². The van der Waals surface area contributed by atoms with Crippen LogP contribution < -0.4 is 4.98 Å². The van der Waals surface area contributed by atoms with Crippen molar-refractivity contribution in [2.24, 2.45) is 0 Å². The highest BCUT2D eigenvalue weighted by molar-refractivity contribution is 6.31. The highest BCUT2D eigenvalue weighted by Crippen LogP contribution is 2.30. The molecule has 1 aromatic heterocycles. The van der Waals surface area contributed by atoms with E-state index in [1.54, 1.807) is 0 Å². The van der Waals surface area contributed by atoms with Gasteiger partial charge in [0.15, 0.2) is 0 Å². The van der Waals surface area contributed by atoms with Crippen LogP contribution >= 0.6 is 23.2 Å². The second-order valence-corrected chi connectivity index (χ2v) is 6.23. The third-order valence-electron chi connectivity index (χ3n) is 4.07. The number of aromatic amines is 1. The smallest absolute Gasteiger partial charge is 0.204 e. The molecule has 0 aliphatic carbocycles. The van der Waals surface area contributed by atoms with Gasteiger partial charge in [-0.15, -0.1) is 0 Å². The van der Waals surface area contributed by atoms with E-state index < -0.39 is 0 Å². The predicted octanol–water partition coefficient (Wildman–Crippen LogP) is 5.75. The molecule has 1 nitrogen and oxygen atoms in total. The Hall–Kier alpha value is -1.57. The van der Waals surface area contributed by atoms with E-state index in [4.69, 9.17) is 23.2 Å². The second kappa shape index (κ2) is 6.28. The van der Waals surface area contributed by atoms with Crippen molar-refractivity contribution in [1.29, 1.82) is 0 Å². The zero-order valence-corrected chi connectivity index (χ0v) is 14.2. The SMILES string of the molecule is CCc1c(-c2ccc(Cl)cc2)[nH+]c2ccc(Cl)cc2c1CC. The Bertz CT molecular complexity index is 823. The standard InChI is InChI=1S/C19H17Cl2N/c1-3-15-16(4-2)19(12-5-7-13(20)8-6-12)22-18-10-9-14(21)11-17(15)18/h5-11H,3-4H2,1-2H3/p+1. The predicted molar refractivity (Wildman–Crippen MR) is 94.7 cm³/mol. The van der Waals surface area contributed by atoms with E-state index in [9.17, 15) is 0 Å². The van der Waals surface area contributed by atoms with Crippen molar-refractivity contribution < 1.29 is 4.98 Å². The summed E-state index contributed by atoms with van der Waals surface area (Å²) in [6, 6.07) is 14.0. The highest BCUT2D eigenvalue weighted by Gasteiger charge is 2.19. The van der Waals surface area contributed by atoms with Gasteiger partial charge >= 0.3 is 0 Å². The Morgan fingerprint density at radius 3 is 2.09 bits per heavy atom. The van der Waals surface area contributed by atoms with Crippen LogP contribution in [0.25, 0.3) is 22.2 Å². The average molecular weight is 331 g/mol. The van der Waals surface area contributed by atoms with Gasteiger partial charge in [-0.05, 0) is 54.8 Å². The molecule has 2 aromatic carbocycles. The Morgan fingerprint density at radius 2 is 1.45 bits per heavy atom.